The maximum absolute atomic E-state index is 12.4. The summed E-state index contributed by atoms with van der Waals surface area (Å²) in [6.07, 6.45) is 1.81. The van der Waals surface area contributed by atoms with Gasteiger partial charge in [0.25, 0.3) is 5.91 Å². The first-order valence-electron chi connectivity index (χ1n) is 8.92. The van der Waals surface area contributed by atoms with Crippen molar-refractivity contribution in [3.63, 3.8) is 0 Å². The van der Waals surface area contributed by atoms with Crippen molar-refractivity contribution < 1.29 is 9.59 Å². The lowest BCUT2D eigenvalue weighted by Gasteiger charge is -2.19. The fourth-order valence-corrected chi connectivity index (χ4v) is 2.68. The molecule has 138 valence electrons. The van der Waals surface area contributed by atoms with Crippen LogP contribution in [-0.2, 0) is 11.2 Å². The summed E-state index contributed by atoms with van der Waals surface area (Å²) in [5.74, 6) is -0.212. The van der Waals surface area contributed by atoms with E-state index in [2.05, 4.69) is 28.1 Å². The van der Waals surface area contributed by atoms with Crippen LogP contribution in [0.2, 0.25) is 0 Å². The van der Waals surface area contributed by atoms with Crippen LogP contribution in [-0.4, -0.2) is 30.9 Å². The Bertz CT molecular complexity index is 731. The van der Waals surface area contributed by atoms with Crippen LogP contribution in [0.4, 0.5) is 5.69 Å². The lowest BCUT2D eigenvalue weighted by Crippen LogP contribution is -2.42. The molecule has 5 heteroatoms. The molecule has 2 aromatic rings. The van der Waals surface area contributed by atoms with E-state index in [9.17, 15) is 9.59 Å². The molecule has 0 fully saturated rings. The first kappa shape index (κ1) is 19.5. The van der Waals surface area contributed by atoms with Crippen LogP contribution >= 0.6 is 0 Å². The number of aryl methyl sites for hydroxylation is 1. The highest BCUT2D eigenvalue weighted by Crippen LogP contribution is 2.12. The van der Waals surface area contributed by atoms with Gasteiger partial charge in [-0.1, -0.05) is 36.4 Å². The molecule has 0 saturated carbocycles. The lowest BCUT2D eigenvalue weighted by molar-refractivity contribution is -0.122. The van der Waals surface area contributed by atoms with Gasteiger partial charge in [-0.3, -0.25) is 9.59 Å². The molecular formula is C21H27N3O2. The van der Waals surface area contributed by atoms with Gasteiger partial charge in [0.1, 0.15) is 6.04 Å². The molecule has 0 unspecified atom stereocenters. The van der Waals surface area contributed by atoms with Crippen LogP contribution in [0.25, 0.3) is 0 Å². The van der Waals surface area contributed by atoms with Crippen molar-refractivity contribution >= 4 is 17.5 Å². The molecule has 0 bridgehead atoms. The maximum Gasteiger partial charge on any atom is 0.251 e. The number of carbonyl (C=O) groups excluding carboxylic acids is 2. The third kappa shape index (κ3) is 5.92. The molecule has 0 saturated heterocycles. The molecule has 2 rings (SSSR count). The van der Waals surface area contributed by atoms with Gasteiger partial charge in [-0.05, 0) is 50.5 Å². The number of hydrogen-bond acceptors (Lipinski definition) is 3. The zero-order chi connectivity index (χ0) is 18.9. The van der Waals surface area contributed by atoms with Crippen molar-refractivity contribution in [2.45, 2.75) is 38.8 Å². The minimum atomic E-state index is -0.394. The van der Waals surface area contributed by atoms with E-state index in [1.165, 1.54) is 5.56 Å². The Morgan fingerprint density at radius 3 is 2.42 bits per heavy atom. The van der Waals surface area contributed by atoms with Gasteiger partial charge in [-0.15, -0.1) is 0 Å². The summed E-state index contributed by atoms with van der Waals surface area (Å²) in [4.78, 5) is 24.1. The van der Waals surface area contributed by atoms with Crippen molar-refractivity contribution in [1.29, 1.82) is 0 Å². The monoisotopic (exact) mass is 353 g/mol. The van der Waals surface area contributed by atoms with Gasteiger partial charge in [0, 0.05) is 24.3 Å². The number of carbonyl (C=O) groups is 2. The predicted octanol–water partition coefficient (Wildman–Crippen LogP) is 2.98. The molecule has 0 aliphatic carbocycles. The standard InChI is InChI=1S/C21H27N3O2/c1-15(12-13-17-8-5-4-6-9-17)23-20(25)16(2)24-19-11-7-10-18(14-19)21(26)22-3/h4-11,14-16,24H,12-13H2,1-3H3,(H,22,26)(H,23,25)/t15-,16-/m1/s1. The van der Waals surface area contributed by atoms with Crippen molar-refractivity contribution in [2.24, 2.45) is 0 Å². The number of nitrogens with one attached hydrogen (secondary N) is 3. The summed E-state index contributed by atoms with van der Waals surface area (Å²) < 4.78 is 0. The highest BCUT2D eigenvalue weighted by Gasteiger charge is 2.15. The largest absolute Gasteiger partial charge is 0.374 e. The van der Waals surface area contributed by atoms with E-state index in [0.717, 1.165) is 18.5 Å². The smallest absolute Gasteiger partial charge is 0.251 e. The molecular weight excluding hydrogens is 326 g/mol. The van der Waals surface area contributed by atoms with Gasteiger partial charge in [-0.2, -0.15) is 0 Å². The minimum absolute atomic E-state index is 0.0593. The number of hydrogen-bond donors (Lipinski definition) is 3. The van der Waals surface area contributed by atoms with Gasteiger partial charge in [0.05, 0.1) is 0 Å². The van der Waals surface area contributed by atoms with E-state index < -0.39 is 6.04 Å². The normalized spacial score (nSPS) is 12.7. The average Bonchev–Trinajstić information content (AvgIpc) is 2.66. The lowest BCUT2D eigenvalue weighted by atomic mass is 10.1. The molecule has 5 nitrogen and oxygen atoms in total. The van der Waals surface area contributed by atoms with E-state index in [-0.39, 0.29) is 17.9 Å². The second kappa shape index (κ2) is 9.61. The van der Waals surface area contributed by atoms with Gasteiger partial charge in [0.15, 0.2) is 0 Å². The topological polar surface area (TPSA) is 70.2 Å². The SMILES string of the molecule is CNC(=O)c1cccc(N[C@H](C)C(=O)N[C@H](C)CCc2ccccc2)c1. The first-order valence-corrected chi connectivity index (χ1v) is 8.92. The molecule has 0 aliphatic heterocycles. The first-order chi connectivity index (χ1) is 12.5. The Kier molecular flexibility index (Phi) is 7.21. The summed E-state index contributed by atoms with van der Waals surface area (Å²) in [5.41, 5.74) is 2.57. The fourth-order valence-electron chi connectivity index (χ4n) is 2.68. The Morgan fingerprint density at radius 1 is 1.00 bits per heavy atom. The zero-order valence-electron chi connectivity index (χ0n) is 15.6. The molecule has 2 atom stereocenters. The molecule has 0 heterocycles. The van der Waals surface area contributed by atoms with E-state index in [1.807, 2.05) is 38.1 Å². The Morgan fingerprint density at radius 2 is 1.73 bits per heavy atom. The van der Waals surface area contributed by atoms with Gasteiger partial charge in [-0.25, -0.2) is 0 Å². The zero-order valence-corrected chi connectivity index (χ0v) is 15.6. The summed E-state index contributed by atoms with van der Waals surface area (Å²) in [6.45, 7) is 3.82. The number of benzene rings is 2. The molecule has 2 amide bonds. The van der Waals surface area contributed by atoms with Gasteiger partial charge < -0.3 is 16.0 Å². The third-order valence-corrected chi connectivity index (χ3v) is 4.23. The quantitative estimate of drug-likeness (QED) is 0.683. The van der Waals surface area contributed by atoms with Crippen molar-refractivity contribution in [3.05, 3.63) is 65.7 Å². The van der Waals surface area contributed by atoms with Gasteiger partial charge in [0.2, 0.25) is 5.91 Å². The Hall–Kier alpha value is -2.82. The summed E-state index contributed by atoms with van der Waals surface area (Å²) >= 11 is 0. The van der Waals surface area contributed by atoms with E-state index in [1.54, 1.807) is 25.2 Å². The number of anilines is 1. The van der Waals surface area contributed by atoms with Gasteiger partial charge >= 0.3 is 0 Å². The third-order valence-electron chi connectivity index (χ3n) is 4.23. The van der Waals surface area contributed by atoms with Crippen LogP contribution in [0, 0.1) is 0 Å². The summed E-state index contributed by atoms with van der Waals surface area (Å²) in [7, 11) is 1.59. The Balaban J connectivity index is 1.84. The Labute approximate surface area is 155 Å². The average molecular weight is 353 g/mol. The molecule has 0 radical (unpaired) electrons. The molecule has 0 aromatic heterocycles. The van der Waals surface area contributed by atoms with E-state index >= 15 is 0 Å². The predicted molar refractivity (Wildman–Crippen MR) is 105 cm³/mol. The summed E-state index contributed by atoms with van der Waals surface area (Å²) in [6, 6.07) is 17.0. The second-order valence-corrected chi connectivity index (χ2v) is 6.46. The van der Waals surface area contributed by atoms with Crippen LogP contribution in [0.1, 0.15) is 36.2 Å². The second-order valence-electron chi connectivity index (χ2n) is 6.46. The molecule has 2 aromatic carbocycles. The highest BCUT2D eigenvalue weighted by molar-refractivity contribution is 5.95. The van der Waals surface area contributed by atoms with E-state index in [4.69, 9.17) is 0 Å². The minimum Gasteiger partial charge on any atom is -0.374 e. The maximum atomic E-state index is 12.4. The van der Waals surface area contributed by atoms with Crippen molar-refractivity contribution in [1.82, 2.24) is 10.6 Å². The van der Waals surface area contributed by atoms with E-state index in [0.29, 0.717) is 5.56 Å². The van der Waals surface area contributed by atoms with Crippen LogP contribution < -0.4 is 16.0 Å². The number of rotatable bonds is 8. The van der Waals surface area contributed by atoms with Crippen LogP contribution in [0.5, 0.6) is 0 Å². The van der Waals surface area contributed by atoms with Crippen LogP contribution in [0.15, 0.2) is 54.6 Å². The fraction of sp³-hybridized carbons (Fsp3) is 0.333. The van der Waals surface area contributed by atoms with Crippen molar-refractivity contribution in [2.75, 3.05) is 12.4 Å². The molecule has 3 N–H and O–H groups in total. The van der Waals surface area contributed by atoms with Crippen LogP contribution in [0.3, 0.4) is 0 Å². The number of amides is 2. The molecule has 0 spiro atoms. The summed E-state index contributed by atoms with van der Waals surface area (Å²) in [5, 5.41) is 8.78. The highest BCUT2D eigenvalue weighted by atomic mass is 16.2. The molecule has 0 aliphatic rings. The molecule has 26 heavy (non-hydrogen) atoms. The van der Waals surface area contributed by atoms with Crippen molar-refractivity contribution in [3.8, 4) is 0 Å².